The molecule has 0 atom stereocenters. The second-order valence-electron chi connectivity index (χ2n) is 8.37. The second-order valence-corrected chi connectivity index (χ2v) is 8.37. The van der Waals surface area contributed by atoms with E-state index in [0.29, 0.717) is 29.0 Å². The topological polar surface area (TPSA) is 86.7 Å². The number of aromatic nitrogens is 5. The Morgan fingerprint density at radius 1 is 0.914 bits per heavy atom. The SMILES string of the molecule is Cc1nn(CC(=O)NCCCc2ccccc2)c(=O)c2c(-n3cccc3)n(-c3ccccc3)nc12. The average molecular weight is 467 g/mol. The summed E-state index contributed by atoms with van der Waals surface area (Å²) in [7, 11) is 0. The number of amides is 1. The van der Waals surface area contributed by atoms with Crippen molar-refractivity contribution in [3.8, 4) is 11.5 Å². The maximum absolute atomic E-state index is 13.5. The van der Waals surface area contributed by atoms with Gasteiger partial charge in [-0.25, -0.2) is 9.36 Å². The second kappa shape index (κ2) is 9.80. The van der Waals surface area contributed by atoms with Crippen molar-refractivity contribution in [1.82, 2.24) is 29.4 Å². The van der Waals surface area contributed by atoms with Gasteiger partial charge in [-0.1, -0.05) is 48.5 Å². The first-order valence-electron chi connectivity index (χ1n) is 11.6. The molecule has 2 aromatic carbocycles. The van der Waals surface area contributed by atoms with E-state index in [9.17, 15) is 9.59 Å². The molecule has 0 fully saturated rings. The van der Waals surface area contributed by atoms with Gasteiger partial charge in [0.2, 0.25) is 5.91 Å². The van der Waals surface area contributed by atoms with Gasteiger partial charge in [-0.3, -0.25) is 9.59 Å². The van der Waals surface area contributed by atoms with Gasteiger partial charge in [0.1, 0.15) is 17.4 Å². The number of hydrogen-bond donors (Lipinski definition) is 1. The van der Waals surface area contributed by atoms with Crippen LogP contribution in [0.25, 0.3) is 22.4 Å². The molecule has 0 aliphatic heterocycles. The molecule has 1 N–H and O–H groups in total. The molecule has 5 aromatic rings. The van der Waals surface area contributed by atoms with Crippen molar-refractivity contribution in [1.29, 1.82) is 0 Å². The van der Waals surface area contributed by atoms with E-state index in [0.717, 1.165) is 18.5 Å². The molecule has 8 nitrogen and oxygen atoms in total. The zero-order valence-corrected chi connectivity index (χ0v) is 19.5. The van der Waals surface area contributed by atoms with E-state index in [1.807, 2.05) is 77.6 Å². The molecule has 0 aliphatic carbocycles. The lowest BCUT2D eigenvalue weighted by Crippen LogP contribution is -2.34. The molecular weight excluding hydrogens is 440 g/mol. The van der Waals surface area contributed by atoms with Crippen LogP contribution in [0.1, 0.15) is 17.7 Å². The third kappa shape index (κ3) is 4.63. The fraction of sp³-hybridized carbons (Fsp3) is 0.185. The van der Waals surface area contributed by atoms with E-state index in [4.69, 9.17) is 5.10 Å². The molecule has 176 valence electrons. The Kier molecular flexibility index (Phi) is 6.26. The van der Waals surface area contributed by atoms with Crippen LogP contribution in [0.5, 0.6) is 0 Å². The first-order valence-corrected chi connectivity index (χ1v) is 11.6. The number of benzene rings is 2. The number of nitrogens with one attached hydrogen (secondary N) is 1. The molecule has 0 bridgehead atoms. The molecule has 0 unspecified atom stereocenters. The zero-order chi connectivity index (χ0) is 24.2. The number of nitrogens with zero attached hydrogens (tertiary/aromatic N) is 5. The Labute approximate surface area is 202 Å². The number of para-hydroxylation sites is 1. The van der Waals surface area contributed by atoms with E-state index >= 15 is 0 Å². The molecule has 1 amide bonds. The van der Waals surface area contributed by atoms with E-state index in [1.54, 1.807) is 11.6 Å². The van der Waals surface area contributed by atoms with Crippen molar-refractivity contribution < 1.29 is 4.79 Å². The molecule has 0 saturated carbocycles. The summed E-state index contributed by atoms with van der Waals surface area (Å²) in [5, 5.41) is 12.5. The van der Waals surface area contributed by atoms with Crippen molar-refractivity contribution in [2.75, 3.05) is 6.54 Å². The molecule has 8 heteroatoms. The maximum atomic E-state index is 13.5. The largest absolute Gasteiger partial charge is 0.354 e. The molecule has 5 rings (SSSR count). The lowest BCUT2D eigenvalue weighted by molar-refractivity contribution is -0.121. The Bertz CT molecular complexity index is 1500. The van der Waals surface area contributed by atoms with Crippen LogP contribution in [0.15, 0.2) is 90.0 Å². The van der Waals surface area contributed by atoms with Crippen LogP contribution in [-0.2, 0) is 17.8 Å². The molecule has 3 heterocycles. The van der Waals surface area contributed by atoms with Crippen LogP contribution in [0, 0.1) is 6.92 Å². The number of fused-ring (bicyclic) bond motifs is 1. The minimum Gasteiger partial charge on any atom is -0.354 e. The summed E-state index contributed by atoms with van der Waals surface area (Å²) in [6.07, 6.45) is 5.44. The quantitative estimate of drug-likeness (QED) is 0.355. The third-order valence-corrected chi connectivity index (χ3v) is 5.87. The van der Waals surface area contributed by atoms with Crippen LogP contribution in [-0.4, -0.2) is 36.6 Å². The third-order valence-electron chi connectivity index (χ3n) is 5.87. The van der Waals surface area contributed by atoms with Crippen molar-refractivity contribution in [3.63, 3.8) is 0 Å². The summed E-state index contributed by atoms with van der Waals surface area (Å²) in [6.45, 7) is 2.19. The molecule has 0 radical (unpaired) electrons. The van der Waals surface area contributed by atoms with Gasteiger partial charge in [-0.2, -0.15) is 10.2 Å². The standard InChI is InChI=1S/C27H26N6O2/c1-20-25-24(26(31-17-8-9-18-31)33(30-25)22-14-6-3-7-15-22)27(35)32(29-20)19-23(34)28-16-10-13-21-11-4-2-5-12-21/h2-9,11-12,14-15,17-18H,10,13,16,19H2,1H3,(H,28,34). The van der Waals surface area contributed by atoms with Crippen LogP contribution < -0.4 is 10.9 Å². The Hall–Kier alpha value is -4.46. The van der Waals surface area contributed by atoms with Crippen LogP contribution >= 0.6 is 0 Å². The van der Waals surface area contributed by atoms with Gasteiger partial charge < -0.3 is 9.88 Å². The van der Waals surface area contributed by atoms with Gasteiger partial charge in [-0.05, 0) is 49.6 Å². The summed E-state index contributed by atoms with van der Waals surface area (Å²) < 4.78 is 4.83. The zero-order valence-electron chi connectivity index (χ0n) is 19.5. The summed E-state index contributed by atoms with van der Waals surface area (Å²) in [5.74, 6) is 0.369. The lowest BCUT2D eigenvalue weighted by Gasteiger charge is -2.10. The summed E-state index contributed by atoms with van der Waals surface area (Å²) in [6, 6.07) is 23.6. The normalized spacial score (nSPS) is 11.1. The first kappa shape index (κ1) is 22.3. The smallest absolute Gasteiger partial charge is 0.280 e. The number of rotatable bonds is 8. The van der Waals surface area contributed by atoms with Crippen molar-refractivity contribution in [2.24, 2.45) is 0 Å². The minimum atomic E-state index is -0.351. The highest BCUT2D eigenvalue weighted by atomic mass is 16.2. The van der Waals surface area contributed by atoms with Crippen LogP contribution in [0.4, 0.5) is 0 Å². The first-order chi connectivity index (χ1) is 17.1. The summed E-state index contributed by atoms with van der Waals surface area (Å²) in [4.78, 5) is 26.2. The van der Waals surface area contributed by atoms with E-state index in [1.165, 1.54) is 10.2 Å². The van der Waals surface area contributed by atoms with Crippen LogP contribution in [0.3, 0.4) is 0 Å². The van der Waals surface area contributed by atoms with Crippen molar-refractivity contribution in [3.05, 3.63) is 107 Å². The Balaban J connectivity index is 1.43. The molecule has 0 saturated heterocycles. The highest BCUT2D eigenvalue weighted by Gasteiger charge is 2.22. The van der Waals surface area contributed by atoms with Gasteiger partial charge in [0, 0.05) is 18.9 Å². The van der Waals surface area contributed by atoms with Gasteiger partial charge in [-0.15, -0.1) is 0 Å². The predicted molar refractivity (Wildman–Crippen MR) is 135 cm³/mol. The van der Waals surface area contributed by atoms with E-state index in [2.05, 4.69) is 22.5 Å². The van der Waals surface area contributed by atoms with Crippen LogP contribution in [0.2, 0.25) is 0 Å². The fourth-order valence-electron chi connectivity index (χ4n) is 4.19. The molecular formula is C27H26N6O2. The molecule has 3 aromatic heterocycles. The fourth-order valence-corrected chi connectivity index (χ4v) is 4.19. The maximum Gasteiger partial charge on any atom is 0.280 e. The summed E-state index contributed by atoms with van der Waals surface area (Å²) >= 11 is 0. The van der Waals surface area contributed by atoms with Gasteiger partial charge in [0.25, 0.3) is 5.56 Å². The minimum absolute atomic E-state index is 0.150. The molecule has 0 aliphatic rings. The number of carbonyl (C=O) groups is 1. The summed E-state index contributed by atoms with van der Waals surface area (Å²) in [5.41, 5.74) is 2.81. The predicted octanol–water partition coefficient (Wildman–Crippen LogP) is 3.43. The number of carbonyl (C=O) groups excluding carboxylic acids is 1. The molecule has 0 spiro atoms. The molecule has 35 heavy (non-hydrogen) atoms. The van der Waals surface area contributed by atoms with Gasteiger partial charge in [0.15, 0.2) is 5.82 Å². The Morgan fingerprint density at radius 3 is 2.31 bits per heavy atom. The number of hydrogen-bond acceptors (Lipinski definition) is 4. The van der Waals surface area contributed by atoms with Crippen molar-refractivity contribution in [2.45, 2.75) is 26.3 Å². The van der Waals surface area contributed by atoms with E-state index < -0.39 is 0 Å². The average Bonchev–Trinajstić information content (AvgIpc) is 3.55. The van der Waals surface area contributed by atoms with Gasteiger partial charge >= 0.3 is 0 Å². The highest BCUT2D eigenvalue weighted by Crippen LogP contribution is 2.24. The lowest BCUT2D eigenvalue weighted by atomic mass is 10.1. The number of aryl methyl sites for hydroxylation is 2. The highest BCUT2D eigenvalue weighted by molar-refractivity contribution is 5.88. The van der Waals surface area contributed by atoms with E-state index in [-0.39, 0.29) is 18.0 Å². The van der Waals surface area contributed by atoms with Crippen molar-refractivity contribution >= 4 is 16.8 Å². The van der Waals surface area contributed by atoms with Gasteiger partial charge in [0.05, 0.1) is 11.4 Å². The Morgan fingerprint density at radius 2 is 1.60 bits per heavy atom. The monoisotopic (exact) mass is 466 g/mol.